The molecule has 0 aliphatic heterocycles. The van der Waals surface area contributed by atoms with Gasteiger partial charge in [0, 0.05) is 19.3 Å². The van der Waals surface area contributed by atoms with Crippen molar-refractivity contribution in [2.24, 2.45) is 0 Å². The Balaban J connectivity index is 1.56. The molecule has 0 bridgehead atoms. The Hall–Kier alpha value is -2.64. The number of nitrogens with zero attached hydrogens (tertiary/aromatic N) is 3. The van der Waals surface area contributed by atoms with Gasteiger partial charge in [-0.15, -0.1) is 0 Å². The molecule has 0 atom stereocenters. The Morgan fingerprint density at radius 2 is 2.04 bits per heavy atom. The second-order valence-corrected chi connectivity index (χ2v) is 6.75. The van der Waals surface area contributed by atoms with E-state index in [2.05, 4.69) is 20.6 Å². The number of halogens is 2. The van der Waals surface area contributed by atoms with Crippen LogP contribution in [-0.2, 0) is 11.3 Å². The number of fused-ring (bicyclic) bond motifs is 1. The van der Waals surface area contributed by atoms with Crippen molar-refractivity contribution in [2.75, 3.05) is 18.4 Å². The van der Waals surface area contributed by atoms with Crippen molar-refractivity contribution in [1.82, 2.24) is 19.9 Å². The molecule has 0 fully saturated rings. The number of hydrogen-bond donors (Lipinski definition) is 2. The van der Waals surface area contributed by atoms with Crippen LogP contribution in [0.25, 0.3) is 10.9 Å². The molecule has 0 saturated carbocycles. The lowest BCUT2D eigenvalue weighted by molar-refractivity contribution is -0.121. The second-order valence-electron chi connectivity index (χ2n) is 5.91. The molecule has 27 heavy (non-hydrogen) atoms. The van der Waals surface area contributed by atoms with E-state index in [4.69, 9.17) is 23.2 Å². The van der Waals surface area contributed by atoms with Gasteiger partial charge in [-0.05, 0) is 24.6 Å². The number of amides is 1. The highest BCUT2D eigenvalue weighted by Crippen LogP contribution is 2.22. The third-order valence-corrected chi connectivity index (χ3v) is 4.41. The predicted molar refractivity (Wildman–Crippen MR) is 106 cm³/mol. The predicted octanol–water partition coefficient (Wildman–Crippen LogP) is 2.64. The lowest BCUT2D eigenvalue weighted by Gasteiger charge is -2.10. The van der Waals surface area contributed by atoms with Crippen molar-refractivity contribution in [3.63, 3.8) is 0 Å². The Morgan fingerprint density at radius 1 is 1.22 bits per heavy atom. The molecule has 2 N–H and O–H groups in total. The maximum absolute atomic E-state index is 12.5. The van der Waals surface area contributed by atoms with Crippen LogP contribution in [0.5, 0.6) is 0 Å². The van der Waals surface area contributed by atoms with E-state index in [9.17, 15) is 9.59 Å². The summed E-state index contributed by atoms with van der Waals surface area (Å²) in [5, 5.41) is 7.08. The lowest BCUT2D eigenvalue weighted by Crippen LogP contribution is -2.35. The van der Waals surface area contributed by atoms with E-state index >= 15 is 0 Å². The van der Waals surface area contributed by atoms with Crippen molar-refractivity contribution in [3.05, 3.63) is 62.8 Å². The number of aromatic nitrogens is 3. The van der Waals surface area contributed by atoms with Gasteiger partial charge in [0.05, 0.1) is 27.3 Å². The number of rotatable bonds is 6. The second kappa shape index (κ2) is 8.37. The van der Waals surface area contributed by atoms with Crippen LogP contribution >= 0.6 is 23.2 Å². The number of carbonyl (C=O) groups excluding carboxylic acids is 1. The Bertz CT molecular complexity index is 1050. The van der Waals surface area contributed by atoms with Crippen LogP contribution in [0.3, 0.4) is 0 Å². The van der Waals surface area contributed by atoms with Gasteiger partial charge in [0.2, 0.25) is 5.91 Å². The van der Waals surface area contributed by atoms with Gasteiger partial charge in [0.1, 0.15) is 12.4 Å². The molecule has 3 rings (SSSR count). The van der Waals surface area contributed by atoms with E-state index in [0.717, 1.165) is 5.56 Å². The van der Waals surface area contributed by atoms with Gasteiger partial charge >= 0.3 is 0 Å². The summed E-state index contributed by atoms with van der Waals surface area (Å²) in [5.74, 6) is 0.198. The van der Waals surface area contributed by atoms with Gasteiger partial charge in [-0.2, -0.15) is 0 Å². The average Bonchev–Trinajstić information content (AvgIpc) is 2.63. The first-order valence-electron chi connectivity index (χ1n) is 8.22. The molecule has 0 saturated heterocycles. The summed E-state index contributed by atoms with van der Waals surface area (Å²) < 4.78 is 1.29. The SMILES string of the molecule is Cc1cccc2c(=O)n(CC(=O)NCCNc3ncc(Cl)cc3Cl)cnc12. The molecule has 0 radical (unpaired) electrons. The highest BCUT2D eigenvalue weighted by molar-refractivity contribution is 6.35. The molecular weight excluding hydrogens is 389 g/mol. The van der Waals surface area contributed by atoms with Crippen LogP contribution in [0.1, 0.15) is 5.56 Å². The van der Waals surface area contributed by atoms with E-state index in [1.54, 1.807) is 18.2 Å². The van der Waals surface area contributed by atoms with Crippen molar-refractivity contribution >= 4 is 45.8 Å². The summed E-state index contributed by atoms with van der Waals surface area (Å²) in [6, 6.07) is 6.98. The summed E-state index contributed by atoms with van der Waals surface area (Å²) in [6.45, 7) is 2.55. The van der Waals surface area contributed by atoms with Gasteiger partial charge < -0.3 is 10.6 Å². The number of aryl methyl sites for hydroxylation is 1. The number of hydrogen-bond acceptors (Lipinski definition) is 5. The molecule has 2 heterocycles. The topological polar surface area (TPSA) is 88.9 Å². The molecule has 1 amide bonds. The zero-order valence-corrected chi connectivity index (χ0v) is 16.0. The molecule has 2 aromatic heterocycles. The van der Waals surface area contributed by atoms with E-state index < -0.39 is 0 Å². The van der Waals surface area contributed by atoms with E-state index in [0.29, 0.717) is 39.9 Å². The quantitative estimate of drug-likeness (QED) is 0.615. The van der Waals surface area contributed by atoms with Gasteiger partial charge in [-0.1, -0.05) is 35.3 Å². The highest BCUT2D eigenvalue weighted by atomic mass is 35.5. The minimum atomic E-state index is -0.289. The zero-order valence-electron chi connectivity index (χ0n) is 14.5. The fourth-order valence-electron chi connectivity index (χ4n) is 2.59. The van der Waals surface area contributed by atoms with Crippen LogP contribution in [-0.4, -0.2) is 33.5 Å². The van der Waals surface area contributed by atoms with Crippen LogP contribution in [0, 0.1) is 6.92 Å². The number of benzene rings is 1. The summed E-state index contributed by atoms with van der Waals surface area (Å²) in [7, 11) is 0. The van der Waals surface area contributed by atoms with Gasteiger partial charge in [0.15, 0.2) is 0 Å². The third kappa shape index (κ3) is 4.56. The van der Waals surface area contributed by atoms with Crippen molar-refractivity contribution in [3.8, 4) is 0 Å². The van der Waals surface area contributed by atoms with E-state index in [-0.39, 0.29) is 18.0 Å². The Labute approximate surface area is 165 Å². The molecule has 3 aromatic rings. The van der Waals surface area contributed by atoms with Crippen LogP contribution in [0.15, 0.2) is 41.6 Å². The summed E-state index contributed by atoms with van der Waals surface area (Å²) >= 11 is 11.8. The first kappa shape index (κ1) is 19.1. The lowest BCUT2D eigenvalue weighted by atomic mass is 10.1. The molecule has 0 aliphatic rings. The maximum atomic E-state index is 12.5. The standard InChI is InChI=1S/C18H17Cl2N5O2/c1-11-3-2-4-13-16(11)24-10-25(18(13)27)9-15(26)21-5-6-22-17-14(20)7-12(19)8-23-17/h2-4,7-8,10H,5-6,9H2,1H3,(H,21,26)(H,22,23). The van der Waals surface area contributed by atoms with Crippen LogP contribution in [0.4, 0.5) is 5.82 Å². The zero-order chi connectivity index (χ0) is 19.4. The molecule has 1 aromatic carbocycles. The normalized spacial score (nSPS) is 10.8. The molecule has 9 heteroatoms. The van der Waals surface area contributed by atoms with Crippen LogP contribution < -0.4 is 16.2 Å². The van der Waals surface area contributed by atoms with Gasteiger partial charge in [-0.25, -0.2) is 9.97 Å². The minimum absolute atomic E-state index is 0.102. The van der Waals surface area contributed by atoms with Gasteiger partial charge in [-0.3, -0.25) is 14.2 Å². The largest absolute Gasteiger partial charge is 0.367 e. The molecule has 0 aliphatic carbocycles. The fraction of sp³-hybridized carbons (Fsp3) is 0.222. The minimum Gasteiger partial charge on any atom is -0.367 e. The van der Waals surface area contributed by atoms with E-state index in [1.165, 1.54) is 17.1 Å². The van der Waals surface area contributed by atoms with Crippen molar-refractivity contribution in [2.45, 2.75) is 13.5 Å². The molecule has 7 nitrogen and oxygen atoms in total. The molecule has 0 spiro atoms. The maximum Gasteiger partial charge on any atom is 0.261 e. The van der Waals surface area contributed by atoms with E-state index in [1.807, 2.05) is 13.0 Å². The molecule has 140 valence electrons. The Kier molecular flexibility index (Phi) is 5.93. The first-order valence-corrected chi connectivity index (χ1v) is 8.97. The number of nitrogens with one attached hydrogen (secondary N) is 2. The monoisotopic (exact) mass is 405 g/mol. The summed E-state index contributed by atoms with van der Waals surface area (Å²) in [6.07, 6.45) is 2.88. The highest BCUT2D eigenvalue weighted by Gasteiger charge is 2.09. The summed E-state index contributed by atoms with van der Waals surface area (Å²) in [5.41, 5.74) is 1.33. The van der Waals surface area contributed by atoms with Gasteiger partial charge in [0.25, 0.3) is 5.56 Å². The number of para-hydroxylation sites is 1. The van der Waals surface area contributed by atoms with Crippen molar-refractivity contribution < 1.29 is 4.79 Å². The first-order chi connectivity index (χ1) is 13.0. The third-order valence-electron chi connectivity index (χ3n) is 3.92. The van der Waals surface area contributed by atoms with Crippen molar-refractivity contribution in [1.29, 1.82) is 0 Å². The average molecular weight is 406 g/mol. The number of carbonyl (C=O) groups is 1. The molecule has 0 unspecified atom stereocenters. The smallest absolute Gasteiger partial charge is 0.261 e. The number of anilines is 1. The fourth-order valence-corrected chi connectivity index (χ4v) is 3.04. The number of pyridine rings is 1. The Morgan fingerprint density at radius 3 is 2.81 bits per heavy atom. The molecular formula is C18H17Cl2N5O2. The summed E-state index contributed by atoms with van der Waals surface area (Å²) in [4.78, 5) is 33.0. The van der Waals surface area contributed by atoms with Crippen LogP contribution in [0.2, 0.25) is 10.0 Å².